The van der Waals surface area contributed by atoms with Crippen molar-refractivity contribution >= 4 is 15.9 Å². The van der Waals surface area contributed by atoms with Crippen LogP contribution in [0, 0.1) is 6.07 Å². The second kappa shape index (κ2) is 2.66. The van der Waals surface area contributed by atoms with Crippen LogP contribution < -0.4 is 4.74 Å². The molecule has 1 radical (unpaired) electrons. The number of phenols is 1. The number of fused-ring (bicyclic) bond motifs is 1. The van der Waals surface area contributed by atoms with E-state index in [4.69, 9.17) is 4.74 Å². The number of aromatic hydroxyl groups is 1. The fourth-order valence-corrected chi connectivity index (χ4v) is 1.61. The summed E-state index contributed by atoms with van der Waals surface area (Å²) >= 11 is 3.21. The average Bonchev–Trinajstić information content (AvgIpc) is 2.41. The quantitative estimate of drug-likeness (QED) is 0.738. The van der Waals surface area contributed by atoms with Gasteiger partial charge in [0.1, 0.15) is 0 Å². The van der Waals surface area contributed by atoms with Crippen molar-refractivity contribution in [2.24, 2.45) is 0 Å². The molecule has 0 spiro atoms. The summed E-state index contributed by atoms with van der Waals surface area (Å²) in [6.07, 6.45) is 0. The minimum Gasteiger partial charge on any atom is -0.503 e. The Morgan fingerprint density at radius 3 is 3.25 bits per heavy atom. The first-order valence-corrected chi connectivity index (χ1v) is 4.55. The molecule has 1 aromatic carbocycles. The molecule has 1 aromatic rings. The Bertz CT molecular complexity index is 323. The number of phenolic OH excluding ortho intramolecular Hbond substituents is 1. The zero-order valence-electron chi connectivity index (χ0n) is 6.60. The molecule has 1 heterocycles. The van der Waals surface area contributed by atoms with Gasteiger partial charge in [-0.1, -0.05) is 6.92 Å². The Hall–Kier alpha value is -0.700. The smallest absolute Gasteiger partial charge is 0.172 e. The Morgan fingerprint density at radius 1 is 1.75 bits per heavy atom. The van der Waals surface area contributed by atoms with E-state index < -0.39 is 0 Å². The second-order valence-corrected chi connectivity index (χ2v) is 3.79. The standard InChI is InChI=1S/C9H8BrO2/c1-5-4-12-9-6(5)2-3-7(10)8(9)11/h3,5,11H,4H2,1H3. The van der Waals surface area contributed by atoms with Gasteiger partial charge in [0.15, 0.2) is 11.5 Å². The van der Waals surface area contributed by atoms with E-state index in [0.717, 1.165) is 5.56 Å². The van der Waals surface area contributed by atoms with Crippen LogP contribution in [0.3, 0.4) is 0 Å². The molecule has 0 bridgehead atoms. The van der Waals surface area contributed by atoms with Crippen LogP contribution in [-0.2, 0) is 0 Å². The molecular weight excluding hydrogens is 220 g/mol. The van der Waals surface area contributed by atoms with Crippen molar-refractivity contribution in [1.29, 1.82) is 0 Å². The molecule has 0 saturated carbocycles. The van der Waals surface area contributed by atoms with Gasteiger partial charge < -0.3 is 9.84 Å². The fourth-order valence-electron chi connectivity index (χ4n) is 1.31. The molecule has 0 amide bonds. The monoisotopic (exact) mass is 227 g/mol. The highest BCUT2D eigenvalue weighted by atomic mass is 79.9. The first-order valence-electron chi connectivity index (χ1n) is 3.76. The highest BCUT2D eigenvalue weighted by Gasteiger charge is 2.24. The number of ether oxygens (including phenoxy) is 1. The van der Waals surface area contributed by atoms with Crippen molar-refractivity contribution in [3.05, 3.63) is 22.2 Å². The van der Waals surface area contributed by atoms with Crippen molar-refractivity contribution in [3.8, 4) is 11.5 Å². The highest BCUT2D eigenvalue weighted by Crippen LogP contribution is 2.43. The maximum Gasteiger partial charge on any atom is 0.172 e. The lowest BCUT2D eigenvalue weighted by molar-refractivity contribution is 0.319. The third-order valence-electron chi connectivity index (χ3n) is 2.01. The molecule has 0 aliphatic carbocycles. The van der Waals surface area contributed by atoms with Gasteiger partial charge in [0.05, 0.1) is 11.1 Å². The lowest BCUT2D eigenvalue weighted by atomic mass is 10.0. The first kappa shape index (κ1) is 7.92. The van der Waals surface area contributed by atoms with Crippen LogP contribution in [0.1, 0.15) is 18.4 Å². The van der Waals surface area contributed by atoms with Gasteiger partial charge in [-0.25, -0.2) is 0 Å². The van der Waals surface area contributed by atoms with Crippen LogP contribution in [0.15, 0.2) is 10.5 Å². The summed E-state index contributed by atoms with van der Waals surface area (Å²) in [4.78, 5) is 0. The van der Waals surface area contributed by atoms with Crippen LogP contribution in [0.25, 0.3) is 0 Å². The van der Waals surface area contributed by atoms with Crippen LogP contribution in [0.4, 0.5) is 0 Å². The lowest BCUT2D eigenvalue weighted by Gasteiger charge is -2.03. The maximum absolute atomic E-state index is 9.54. The van der Waals surface area contributed by atoms with Gasteiger partial charge in [-0.15, -0.1) is 0 Å². The molecule has 12 heavy (non-hydrogen) atoms. The molecule has 3 heteroatoms. The van der Waals surface area contributed by atoms with E-state index in [2.05, 4.69) is 28.9 Å². The SMILES string of the molecule is CC1COc2c1[c]cc(Br)c2O. The highest BCUT2D eigenvalue weighted by molar-refractivity contribution is 9.10. The van der Waals surface area contributed by atoms with Gasteiger partial charge in [0, 0.05) is 11.5 Å². The molecule has 2 nitrogen and oxygen atoms in total. The number of hydrogen-bond acceptors (Lipinski definition) is 2. The number of hydrogen-bond donors (Lipinski definition) is 1. The van der Waals surface area contributed by atoms with Crippen LogP contribution in [-0.4, -0.2) is 11.7 Å². The first-order chi connectivity index (χ1) is 5.70. The molecule has 0 aromatic heterocycles. The van der Waals surface area contributed by atoms with Gasteiger partial charge in [-0.3, -0.25) is 0 Å². The summed E-state index contributed by atoms with van der Waals surface area (Å²) in [5.41, 5.74) is 0.968. The molecule has 0 saturated heterocycles. The summed E-state index contributed by atoms with van der Waals surface area (Å²) in [6, 6.07) is 4.80. The van der Waals surface area contributed by atoms with Crippen molar-refractivity contribution < 1.29 is 9.84 Å². The normalized spacial score (nSPS) is 20.3. The Kier molecular flexibility index (Phi) is 1.76. The summed E-state index contributed by atoms with van der Waals surface area (Å²) in [5, 5.41) is 9.54. The van der Waals surface area contributed by atoms with Gasteiger partial charge in [0.25, 0.3) is 0 Å². The molecule has 1 aliphatic heterocycles. The molecule has 1 N–H and O–H groups in total. The molecule has 0 fully saturated rings. The fraction of sp³-hybridized carbons (Fsp3) is 0.333. The van der Waals surface area contributed by atoms with Crippen LogP contribution in [0.5, 0.6) is 11.5 Å². The van der Waals surface area contributed by atoms with Crippen molar-refractivity contribution in [1.82, 2.24) is 0 Å². The zero-order chi connectivity index (χ0) is 8.72. The van der Waals surface area contributed by atoms with E-state index in [0.29, 0.717) is 22.7 Å². The molecule has 1 unspecified atom stereocenters. The van der Waals surface area contributed by atoms with Crippen LogP contribution in [0.2, 0.25) is 0 Å². The molecule has 2 rings (SSSR count). The predicted octanol–water partition coefficient (Wildman–Crippen LogP) is 2.45. The zero-order valence-corrected chi connectivity index (χ0v) is 8.18. The lowest BCUT2D eigenvalue weighted by Crippen LogP contribution is -1.93. The summed E-state index contributed by atoms with van der Waals surface area (Å²) < 4.78 is 5.95. The van der Waals surface area contributed by atoms with Crippen molar-refractivity contribution in [2.75, 3.05) is 6.61 Å². The maximum atomic E-state index is 9.54. The Morgan fingerprint density at radius 2 is 2.50 bits per heavy atom. The van der Waals surface area contributed by atoms with Crippen LogP contribution >= 0.6 is 15.9 Å². The Balaban J connectivity index is 2.60. The Labute approximate surface area is 79.3 Å². The minimum absolute atomic E-state index is 0.188. The second-order valence-electron chi connectivity index (χ2n) is 2.94. The summed E-state index contributed by atoms with van der Waals surface area (Å²) in [5.74, 6) is 1.10. The largest absolute Gasteiger partial charge is 0.503 e. The van der Waals surface area contributed by atoms with Gasteiger partial charge in [0.2, 0.25) is 0 Å². The number of benzene rings is 1. The summed E-state index contributed by atoms with van der Waals surface area (Å²) in [6.45, 7) is 2.69. The van der Waals surface area contributed by atoms with Crippen molar-refractivity contribution in [2.45, 2.75) is 12.8 Å². The van der Waals surface area contributed by atoms with Gasteiger partial charge in [-0.2, -0.15) is 0 Å². The minimum atomic E-state index is 0.188. The van der Waals surface area contributed by atoms with E-state index in [9.17, 15) is 5.11 Å². The van der Waals surface area contributed by atoms with E-state index in [1.54, 1.807) is 6.07 Å². The molecular formula is C9H8BrO2. The van der Waals surface area contributed by atoms with E-state index >= 15 is 0 Å². The van der Waals surface area contributed by atoms with E-state index in [1.807, 2.05) is 0 Å². The van der Waals surface area contributed by atoms with Crippen molar-refractivity contribution in [3.63, 3.8) is 0 Å². The molecule has 1 aliphatic rings. The van der Waals surface area contributed by atoms with Gasteiger partial charge in [-0.05, 0) is 28.1 Å². The van der Waals surface area contributed by atoms with E-state index in [1.165, 1.54) is 0 Å². The van der Waals surface area contributed by atoms with E-state index in [-0.39, 0.29) is 5.75 Å². The number of rotatable bonds is 0. The number of halogens is 1. The third-order valence-corrected chi connectivity index (χ3v) is 2.62. The average molecular weight is 228 g/mol. The summed E-state index contributed by atoms with van der Waals surface area (Å²) in [7, 11) is 0. The molecule has 63 valence electrons. The van der Waals surface area contributed by atoms with Gasteiger partial charge >= 0.3 is 0 Å². The topological polar surface area (TPSA) is 29.5 Å². The predicted molar refractivity (Wildman–Crippen MR) is 48.6 cm³/mol. The molecule has 1 atom stereocenters. The third kappa shape index (κ3) is 1.00.